The summed E-state index contributed by atoms with van der Waals surface area (Å²) in [7, 11) is -1.14. The average molecular weight is 455 g/mol. The number of hydrogen-bond donors (Lipinski definition) is 1. The molecule has 1 amide bonds. The minimum Gasteiger partial charge on any atom is -0.493 e. The van der Waals surface area contributed by atoms with E-state index in [1.807, 2.05) is 0 Å². The molecule has 0 fully saturated rings. The summed E-state index contributed by atoms with van der Waals surface area (Å²) in [5.41, 5.74) is 3.11. The fraction of sp³-hybridized carbons (Fsp3) is 0.136. The number of methoxy groups -OCH3 is 2. The summed E-state index contributed by atoms with van der Waals surface area (Å²) < 4.78 is 38.2. The molecule has 166 valence electrons. The van der Waals surface area contributed by atoms with E-state index in [9.17, 15) is 13.2 Å². The van der Waals surface area contributed by atoms with Crippen LogP contribution in [0.4, 0.5) is 5.69 Å². The van der Waals surface area contributed by atoms with E-state index in [2.05, 4.69) is 15.5 Å². The summed E-state index contributed by atoms with van der Waals surface area (Å²) in [6.45, 7) is -0.508. The van der Waals surface area contributed by atoms with Gasteiger partial charge in [-0.05, 0) is 36.4 Å². The number of nitrogens with one attached hydrogen (secondary N) is 1. The molecular weight excluding hydrogens is 432 g/mol. The Balaban J connectivity index is 1.90. The van der Waals surface area contributed by atoms with Crippen LogP contribution in [0.1, 0.15) is 5.69 Å². The molecule has 0 saturated carbocycles. The lowest BCUT2D eigenvalue weighted by atomic mass is 10.2. The number of ether oxygens (including phenoxy) is 2. The van der Waals surface area contributed by atoms with Crippen LogP contribution in [-0.2, 0) is 14.8 Å². The van der Waals surface area contributed by atoms with Gasteiger partial charge >= 0.3 is 0 Å². The van der Waals surface area contributed by atoms with Gasteiger partial charge in [-0.25, -0.2) is 13.8 Å². The summed E-state index contributed by atoms with van der Waals surface area (Å²) in [6.07, 6.45) is 2.96. The standard InChI is InChI=1S/C22H22N4O5S/c1-30-20-12-11-18(14-21(20)31-2)26(32(28,29)19-9-4-3-5-10-19)16-22(27)25-24-15-17-8-6-7-13-23-17/h3-15H,16H2,1-2H3,(H,25,27)/b24-15-. The van der Waals surface area contributed by atoms with Gasteiger partial charge in [0.05, 0.1) is 36.7 Å². The van der Waals surface area contributed by atoms with Crippen molar-refractivity contribution in [3.05, 3.63) is 78.6 Å². The molecule has 2 aromatic carbocycles. The molecule has 32 heavy (non-hydrogen) atoms. The summed E-state index contributed by atoms with van der Waals surface area (Å²) in [5, 5.41) is 3.85. The topological polar surface area (TPSA) is 110 Å². The Morgan fingerprint density at radius 3 is 2.41 bits per heavy atom. The van der Waals surface area contributed by atoms with Crippen molar-refractivity contribution in [1.29, 1.82) is 0 Å². The number of hydrogen-bond acceptors (Lipinski definition) is 7. The van der Waals surface area contributed by atoms with Crippen molar-refractivity contribution >= 4 is 27.8 Å². The second-order valence-corrected chi connectivity index (χ2v) is 8.27. The number of amides is 1. The van der Waals surface area contributed by atoms with Gasteiger partial charge in [-0.3, -0.25) is 14.1 Å². The van der Waals surface area contributed by atoms with Gasteiger partial charge in [0.1, 0.15) is 6.54 Å². The summed E-state index contributed by atoms with van der Waals surface area (Å²) in [4.78, 5) is 16.7. The Kier molecular flexibility index (Phi) is 7.40. The fourth-order valence-electron chi connectivity index (χ4n) is 2.80. The van der Waals surface area contributed by atoms with Crippen molar-refractivity contribution in [2.24, 2.45) is 5.10 Å². The van der Waals surface area contributed by atoms with Crippen molar-refractivity contribution in [2.45, 2.75) is 4.90 Å². The SMILES string of the molecule is COc1ccc(N(CC(=O)N/N=C\c2ccccn2)S(=O)(=O)c2ccccc2)cc1OC. The Morgan fingerprint density at radius 2 is 1.75 bits per heavy atom. The Bertz CT molecular complexity index is 1190. The number of nitrogens with zero attached hydrogens (tertiary/aromatic N) is 3. The molecule has 0 aliphatic rings. The molecular formula is C22H22N4O5S. The molecule has 0 aliphatic heterocycles. The van der Waals surface area contributed by atoms with Gasteiger partial charge in [-0.1, -0.05) is 24.3 Å². The number of benzene rings is 2. The average Bonchev–Trinajstić information content (AvgIpc) is 2.83. The second-order valence-electron chi connectivity index (χ2n) is 6.41. The first kappa shape index (κ1) is 22.8. The molecule has 10 heteroatoms. The van der Waals surface area contributed by atoms with Crippen LogP contribution >= 0.6 is 0 Å². The highest BCUT2D eigenvalue weighted by molar-refractivity contribution is 7.92. The molecule has 0 unspecified atom stereocenters. The molecule has 3 aromatic rings. The van der Waals surface area contributed by atoms with Gasteiger partial charge in [0.15, 0.2) is 11.5 Å². The predicted octanol–water partition coefficient (Wildman–Crippen LogP) is 2.44. The van der Waals surface area contributed by atoms with Crippen molar-refractivity contribution in [3.8, 4) is 11.5 Å². The zero-order valence-electron chi connectivity index (χ0n) is 17.5. The third-order valence-corrected chi connectivity index (χ3v) is 6.14. The Labute approximate surface area is 186 Å². The smallest absolute Gasteiger partial charge is 0.264 e. The molecule has 0 radical (unpaired) electrons. The van der Waals surface area contributed by atoms with Crippen molar-refractivity contribution < 1.29 is 22.7 Å². The number of pyridine rings is 1. The molecule has 0 aliphatic carbocycles. The lowest BCUT2D eigenvalue weighted by Gasteiger charge is -2.24. The van der Waals surface area contributed by atoms with Crippen molar-refractivity contribution in [1.82, 2.24) is 10.4 Å². The van der Waals surface area contributed by atoms with Crippen LogP contribution in [-0.4, -0.2) is 46.3 Å². The van der Waals surface area contributed by atoms with Gasteiger partial charge < -0.3 is 9.47 Å². The minimum atomic E-state index is -4.06. The lowest BCUT2D eigenvalue weighted by molar-refractivity contribution is -0.119. The molecule has 0 spiro atoms. The van der Waals surface area contributed by atoms with Crippen molar-refractivity contribution in [3.63, 3.8) is 0 Å². The number of anilines is 1. The quantitative estimate of drug-likeness (QED) is 0.393. The van der Waals surface area contributed by atoms with Crippen LogP contribution in [0.2, 0.25) is 0 Å². The van der Waals surface area contributed by atoms with E-state index < -0.39 is 22.5 Å². The van der Waals surface area contributed by atoms with E-state index in [-0.39, 0.29) is 10.6 Å². The van der Waals surface area contributed by atoms with E-state index in [0.717, 1.165) is 4.31 Å². The van der Waals surface area contributed by atoms with Crippen LogP contribution in [0.25, 0.3) is 0 Å². The minimum absolute atomic E-state index is 0.0413. The molecule has 1 N–H and O–H groups in total. The van der Waals surface area contributed by atoms with E-state index in [1.54, 1.807) is 48.7 Å². The van der Waals surface area contributed by atoms with Gasteiger partial charge in [-0.15, -0.1) is 0 Å². The number of aromatic nitrogens is 1. The zero-order valence-corrected chi connectivity index (χ0v) is 18.3. The van der Waals surface area contributed by atoms with E-state index >= 15 is 0 Å². The van der Waals surface area contributed by atoms with Gasteiger partial charge in [0.25, 0.3) is 15.9 Å². The van der Waals surface area contributed by atoms with E-state index in [4.69, 9.17) is 9.47 Å². The fourth-order valence-corrected chi connectivity index (χ4v) is 4.24. The molecule has 1 heterocycles. The van der Waals surface area contributed by atoms with Crippen LogP contribution in [0.5, 0.6) is 11.5 Å². The highest BCUT2D eigenvalue weighted by Crippen LogP contribution is 2.33. The van der Waals surface area contributed by atoms with Crippen molar-refractivity contribution in [2.75, 3.05) is 25.1 Å². The van der Waals surface area contributed by atoms with Gasteiger partial charge in [0.2, 0.25) is 0 Å². The first-order chi connectivity index (χ1) is 15.5. The highest BCUT2D eigenvalue weighted by Gasteiger charge is 2.28. The number of hydrazone groups is 1. The number of rotatable bonds is 9. The molecule has 3 rings (SSSR count). The maximum atomic E-state index is 13.3. The summed E-state index contributed by atoms with van der Waals surface area (Å²) in [5.74, 6) is 0.121. The van der Waals surface area contributed by atoms with Gasteiger partial charge in [0, 0.05) is 12.3 Å². The molecule has 1 aromatic heterocycles. The lowest BCUT2D eigenvalue weighted by Crippen LogP contribution is -2.39. The first-order valence-electron chi connectivity index (χ1n) is 9.48. The molecule has 0 saturated heterocycles. The third kappa shape index (κ3) is 5.41. The summed E-state index contributed by atoms with van der Waals surface area (Å²) in [6, 6.07) is 17.7. The number of carbonyl (C=O) groups is 1. The predicted molar refractivity (Wildman–Crippen MR) is 120 cm³/mol. The molecule has 0 bridgehead atoms. The third-order valence-electron chi connectivity index (χ3n) is 4.35. The van der Waals surface area contributed by atoms with Crippen LogP contribution in [0, 0.1) is 0 Å². The maximum Gasteiger partial charge on any atom is 0.264 e. The molecule has 0 atom stereocenters. The maximum absolute atomic E-state index is 13.3. The monoisotopic (exact) mass is 454 g/mol. The normalized spacial score (nSPS) is 11.2. The van der Waals surface area contributed by atoms with Crippen LogP contribution < -0.4 is 19.2 Å². The van der Waals surface area contributed by atoms with Crippen LogP contribution in [0.3, 0.4) is 0 Å². The van der Waals surface area contributed by atoms with Crippen LogP contribution in [0.15, 0.2) is 82.9 Å². The number of carbonyl (C=O) groups excluding carboxylic acids is 1. The zero-order chi connectivity index (χ0) is 23.0. The largest absolute Gasteiger partial charge is 0.493 e. The summed E-state index contributed by atoms with van der Waals surface area (Å²) >= 11 is 0. The first-order valence-corrected chi connectivity index (χ1v) is 10.9. The Hall–Kier alpha value is -3.92. The second kappa shape index (κ2) is 10.4. The number of sulfonamides is 1. The van der Waals surface area contributed by atoms with Gasteiger partial charge in [-0.2, -0.15) is 5.10 Å². The molecule has 9 nitrogen and oxygen atoms in total. The Morgan fingerprint density at radius 1 is 1.03 bits per heavy atom. The van der Waals surface area contributed by atoms with E-state index in [0.29, 0.717) is 17.2 Å². The van der Waals surface area contributed by atoms with E-state index in [1.165, 1.54) is 44.7 Å². The highest BCUT2D eigenvalue weighted by atomic mass is 32.2.